The molecule has 0 spiro atoms. The SMILES string of the molecule is CC(C)CCNC(=O)c1cc(-c2cccs2)nn1-c1ccccc1. The summed E-state index contributed by atoms with van der Waals surface area (Å²) in [6.45, 7) is 4.97. The van der Waals surface area contributed by atoms with Gasteiger partial charge in [-0.3, -0.25) is 4.79 Å². The van der Waals surface area contributed by atoms with Gasteiger partial charge in [0.2, 0.25) is 0 Å². The van der Waals surface area contributed by atoms with E-state index >= 15 is 0 Å². The van der Waals surface area contributed by atoms with Crippen LogP contribution in [0.25, 0.3) is 16.3 Å². The number of aromatic nitrogens is 2. The summed E-state index contributed by atoms with van der Waals surface area (Å²) in [6.07, 6.45) is 0.961. The Morgan fingerprint density at radius 1 is 1.21 bits per heavy atom. The first-order chi connectivity index (χ1) is 11.6. The van der Waals surface area contributed by atoms with Crippen LogP contribution in [0, 0.1) is 5.92 Å². The number of amides is 1. The Morgan fingerprint density at radius 3 is 2.67 bits per heavy atom. The van der Waals surface area contributed by atoms with E-state index in [-0.39, 0.29) is 5.91 Å². The largest absolute Gasteiger partial charge is 0.351 e. The standard InChI is InChI=1S/C19H21N3OS/c1-14(2)10-11-20-19(23)17-13-16(18-9-6-12-24-18)21-22(17)15-7-4-3-5-8-15/h3-9,12-14H,10-11H2,1-2H3,(H,20,23). The first-order valence-corrected chi connectivity index (χ1v) is 9.00. The number of hydrogen-bond acceptors (Lipinski definition) is 3. The Labute approximate surface area is 146 Å². The Balaban J connectivity index is 1.92. The maximum absolute atomic E-state index is 12.6. The van der Waals surface area contributed by atoms with E-state index in [9.17, 15) is 4.79 Å². The zero-order valence-corrected chi connectivity index (χ0v) is 14.7. The van der Waals surface area contributed by atoms with Crippen LogP contribution in [0.4, 0.5) is 0 Å². The summed E-state index contributed by atoms with van der Waals surface area (Å²) in [5, 5.41) is 9.67. The van der Waals surface area contributed by atoms with E-state index in [1.165, 1.54) is 0 Å². The molecule has 0 atom stereocenters. The fourth-order valence-electron chi connectivity index (χ4n) is 2.42. The van der Waals surface area contributed by atoms with E-state index in [2.05, 4.69) is 24.3 Å². The summed E-state index contributed by atoms with van der Waals surface area (Å²) in [5.74, 6) is 0.473. The van der Waals surface area contributed by atoms with Crippen LogP contribution in [-0.2, 0) is 0 Å². The lowest BCUT2D eigenvalue weighted by atomic mass is 10.1. The lowest BCUT2D eigenvalue weighted by molar-refractivity contribution is 0.0944. The summed E-state index contributed by atoms with van der Waals surface area (Å²) in [6, 6.07) is 15.6. The van der Waals surface area contributed by atoms with Gasteiger partial charge < -0.3 is 5.32 Å². The van der Waals surface area contributed by atoms with Crippen LogP contribution in [0.3, 0.4) is 0 Å². The van der Waals surface area contributed by atoms with Gasteiger partial charge in [0.1, 0.15) is 11.4 Å². The highest BCUT2D eigenvalue weighted by atomic mass is 32.1. The van der Waals surface area contributed by atoms with Crippen LogP contribution in [0.2, 0.25) is 0 Å². The summed E-state index contributed by atoms with van der Waals surface area (Å²) in [5.41, 5.74) is 2.27. The molecule has 0 radical (unpaired) electrons. The second-order valence-corrected chi connectivity index (χ2v) is 7.03. The second-order valence-electron chi connectivity index (χ2n) is 6.08. The molecular formula is C19H21N3OS. The fourth-order valence-corrected chi connectivity index (χ4v) is 3.10. The van der Waals surface area contributed by atoms with Crippen LogP contribution in [0.15, 0.2) is 53.9 Å². The minimum absolute atomic E-state index is 0.0881. The van der Waals surface area contributed by atoms with Crippen LogP contribution >= 0.6 is 11.3 Å². The Bertz CT molecular complexity index is 791. The maximum Gasteiger partial charge on any atom is 0.270 e. The van der Waals surface area contributed by atoms with Crippen molar-refractivity contribution < 1.29 is 4.79 Å². The molecule has 0 aliphatic carbocycles. The summed E-state index contributed by atoms with van der Waals surface area (Å²) >= 11 is 1.62. The Morgan fingerprint density at radius 2 is 2.00 bits per heavy atom. The van der Waals surface area contributed by atoms with Crippen LogP contribution in [0.5, 0.6) is 0 Å². The molecular weight excluding hydrogens is 318 g/mol. The number of para-hydroxylation sites is 1. The van der Waals surface area contributed by atoms with Crippen LogP contribution in [-0.4, -0.2) is 22.2 Å². The highest BCUT2D eigenvalue weighted by Gasteiger charge is 2.17. The number of rotatable bonds is 6. The van der Waals surface area contributed by atoms with Gasteiger partial charge in [0.15, 0.2) is 0 Å². The molecule has 0 fully saturated rings. The Hall–Kier alpha value is -2.40. The van der Waals surface area contributed by atoms with Crippen molar-refractivity contribution in [2.24, 2.45) is 5.92 Å². The molecule has 0 bridgehead atoms. The molecule has 124 valence electrons. The van der Waals surface area contributed by atoms with E-state index in [0.29, 0.717) is 18.2 Å². The molecule has 2 heterocycles. The van der Waals surface area contributed by atoms with Gasteiger partial charge in [0, 0.05) is 6.54 Å². The van der Waals surface area contributed by atoms with Crippen molar-refractivity contribution in [2.45, 2.75) is 20.3 Å². The van der Waals surface area contributed by atoms with Crippen molar-refractivity contribution >= 4 is 17.2 Å². The number of carbonyl (C=O) groups excluding carboxylic acids is 1. The van der Waals surface area contributed by atoms with Gasteiger partial charge in [0.05, 0.1) is 10.6 Å². The second kappa shape index (κ2) is 7.45. The quantitative estimate of drug-likeness (QED) is 0.724. The van der Waals surface area contributed by atoms with Gasteiger partial charge >= 0.3 is 0 Å². The normalized spacial score (nSPS) is 11.0. The number of carbonyl (C=O) groups is 1. The molecule has 0 unspecified atom stereocenters. The van der Waals surface area contributed by atoms with E-state index in [1.54, 1.807) is 16.0 Å². The minimum atomic E-state index is -0.0881. The molecule has 1 N–H and O–H groups in total. The molecule has 0 aliphatic rings. The highest BCUT2D eigenvalue weighted by Crippen LogP contribution is 2.25. The predicted octanol–water partition coefficient (Wildman–Crippen LogP) is 4.38. The molecule has 2 aromatic heterocycles. The molecule has 1 amide bonds. The molecule has 1 aromatic carbocycles. The van der Waals surface area contributed by atoms with Crippen molar-refractivity contribution in [1.82, 2.24) is 15.1 Å². The van der Waals surface area contributed by atoms with E-state index in [4.69, 9.17) is 0 Å². The molecule has 24 heavy (non-hydrogen) atoms. The van der Waals surface area contributed by atoms with Crippen molar-refractivity contribution in [1.29, 1.82) is 0 Å². The van der Waals surface area contributed by atoms with E-state index in [1.807, 2.05) is 53.9 Å². The van der Waals surface area contributed by atoms with Gasteiger partial charge in [0.25, 0.3) is 5.91 Å². The van der Waals surface area contributed by atoms with Crippen molar-refractivity contribution in [2.75, 3.05) is 6.54 Å². The molecule has 0 aliphatic heterocycles. The van der Waals surface area contributed by atoms with Crippen molar-refractivity contribution in [3.8, 4) is 16.3 Å². The zero-order chi connectivity index (χ0) is 16.9. The van der Waals surface area contributed by atoms with Gasteiger partial charge in [-0.05, 0) is 42.0 Å². The molecule has 3 rings (SSSR count). The minimum Gasteiger partial charge on any atom is -0.351 e. The highest BCUT2D eigenvalue weighted by molar-refractivity contribution is 7.13. The van der Waals surface area contributed by atoms with Gasteiger partial charge in [-0.1, -0.05) is 38.1 Å². The Kier molecular flexibility index (Phi) is 5.11. The fraction of sp³-hybridized carbons (Fsp3) is 0.263. The van der Waals surface area contributed by atoms with Crippen LogP contribution in [0.1, 0.15) is 30.8 Å². The number of hydrogen-bond donors (Lipinski definition) is 1. The summed E-state index contributed by atoms with van der Waals surface area (Å²) < 4.78 is 1.72. The zero-order valence-electron chi connectivity index (χ0n) is 13.9. The summed E-state index contributed by atoms with van der Waals surface area (Å²) in [4.78, 5) is 13.7. The first kappa shape index (κ1) is 16.5. The number of nitrogens with one attached hydrogen (secondary N) is 1. The summed E-state index contributed by atoms with van der Waals surface area (Å²) in [7, 11) is 0. The smallest absolute Gasteiger partial charge is 0.270 e. The molecule has 5 heteroatoms. The third-order valence-electron chi connectivity index (χ3n) is 3.72. The number of nitrogens with zero attached hydrogens (tertiary/aromatic N) is 2. The first-order valence-electron chi connectivity index (χ1n) is 8.12. The molecule has 3 aromatic rings. The number of benzene rings is 1. The average Bonchev–Trinajstić information content (AvgIpc) is 3.24. The third kappa shape index (κ3) is 3.74. The molecule has 0 saturated heterocycles. The molecule has 0 saturated carbocycles. The van der Waals surface area contributed by atoms with Crippen LogP contribution < -0.4 is 5.32 Å². The van der Waals surface area contributed by atoms with Gasteiger partial charge in [-0.15, -0.1) is 11.3 Å². The van der Waals surface area contributed by atoms with Gasteiger partial charge in [-0.2, -0.15) is 5.10 Å². The lowest BCUT2D eigenvalue weighted by Crippen LogP contribution is -2.27. The third-order valence-corrected chi connectivity index (χ3v) is 4.62. The predicted molar refractivity (Wildman–Crippen MR) is 98.7 cm³/mol. The van der Waals surface area contributed by atoms with Crippen molar-refractivity contribution in [3.63, 3.8) is 0 Å². The topological polar surface area (TPSA) is 46.9 Å². The lowest BCUT2D eigenvalue weighted by Gasteiger charge is -2.09. The van der Waals surface area contributed by atoms with E-state index in [0.717, 1.165) is 22.7 Å². The maximum atomic E-state index is 12.6. The van der Waals surface area contributed by atoms with Gasteiger partial charge in [-0.25, -0.2) is 4.68 Å². The molecule has 4 nitrogen and oxygen atoms in total. The van der Waals surface area contributed by atoms with Crippen molar-refractivity contribution in [3.05, 3.63) is 59.6 Å². The van der Waals surface area contributed by atoms with E-state index < -0.39 is 0 Å². The monoisotopic (exact) mass is 339 g/mol. The average molecular weight is 339 g/mol. The number of thiophene rings is 1.